The van der Waals surface area contributed by atoms with Gasteiger partial charge in [-0.2, -0.15) is 0 Å². The Labute approximate surface area is 166 Å². The molecule has 0 bridgehead atoms. The van der Waals surface area contributed by atoms with E-state index in [1.54, 1.807) is 18.3 Å². The number of nitrogens with two attached hydrogens (primary N) is 1. The van der Waals surface area contributed by atoms with Gasteiger partial charge in [-0.3, -0.25) is 9.59 Å². The fourth-order valence-corrected chi connectivity index (χ4v) is 3.71. The van der Waals surface area contributed by atoms with Crippen molar-refractivity contribution in [2.24, 2.45) is 5.73 Å². The number of piperazine rings is 1. The number of aromatic nitrogens is 1. The van der Waals surface area contributed by atoms with E-state index in [0.717, 1.165) is 25.8 Å². The Morgan fingerprint density at radius 3 is 2.50 bits per heavy atom. The fraction of sp³-hybridized carbons (Fsp3) is 0.588. The van der Waals surface area contributed by atoms with Gasteiger partial charge in [0.05, 0.1) is 11.1 Å². The van der Waals surface area contributed by atoms with Gasteiger partial charge in [0.1, 0.15) is 5.82 Å². The van der Waals surface area contributed by atoms with Crippen LogP contribution in [0.2, 0.25) is 0 Å². The van der Waals surface area contributed by atoms with Gasteiger partial charge in [0.25, 0.3) is 5.91 Å². The summed E-state index contributed by atoms with van der Waals surface area (Å²) in [6.45, 7) is 5.56. The van der Waals surface area contributed by atoms with Gasteiger partial charge >= 0.3 is 0 Å². The summed E-state index contributed by atoms with van der Waals surface area (Å²) in [7, 11) is 0. The van der Waals surface area contributed by atoms with E-state index in [1.807, 2.05) is 9.80 Å². The number of halogens is 2. The van der Waals surface area contributed by atoms with Crippen LogP contribution in [0.1, 0.15) is 36.5 Å². The third-order valence-corrected chi connectivity index (χ3v) is 5.18. The Morgan fingerprint density at radius 2 is 1.96 bits per heavy atom. The van der Waals surface area contributed by atoms with Crippen LogP contribution in [-0.2, 0) is 4.79 Å². The summed E-state index contributed by atoms with van der Waals surface area (Å²) in [4.78, 5) is 32.8. The number of hydrogen-bond acceptors (Lipinski definition) is 5. The first-order chi connectivity index (χ1) is 11.6. The Kier molecular flexibility index (Phi) is 8.12. The Hall–Kier alpha value is -1.57. The zero-order valence-corrected chi connectivity index (χ0v) is 16.6. The van der Waals surface area contributed by atoms with Crippen LogP contribution < -0.4 is 16.0 Å². The lowest BCUT2D eigenvalue weighted by atomic mass is 9.92. The van der Waals surface area contributed by atoms with E-state index in [2.05, 4.69) is 17.2 Å². The second-order valence-corrected chi connectivity index (χ2v) is 6.48. The maximum Gasteiger partial charge on any atom is 0.252 e. The third-order valence-electron chi connectivity index (χ3n) is 5.18. The SMILES string of the molecule is CCC1(C(=O)N2CCN(c3ncccc3C(N)=O)CC2)CCCN1.Cl.Cl. The maximum atomic E-state index is 12.9. The molecule has 26 heavy (non-hydrogen) atoms. The second-order valence-electron chi connectivity index (χ2n) is 6.48. The summed E-state index contributed by atoms with van der Waals surface area (Å²) in [6, 6.07) is 3.40. The largest absolute Gasteiger partial charge is 0.365 e. The first kappa shape index (κ1) is 22.5. The van der Waals surface area contributed by atoms with E-state index in [0.29, 0.717) is 37.6 Å². The van der Waals surface area contributed by atoms with Gasteiger partial charge in [0.15, 0.2) is 0 Å². The number of nitrogens with zero attached hydrogens (tertiary/aromatic N) is 3. The van der Waals surface area contributed by atoms with Gasteiger partial charge in [-0.05, 0) is 37.9 Å². The molecular formula is C17H27Cl2N5O2. The van der Waals surface area contributed by atoms with Gasteiger partial charge in [0, 0.05) is 32.4 Å². The lowest BCUT2D eigenvalue weighted by Gasteiger charge is -2.40. The van der Waals surface area contributed by atoms with Gasteiger partial charge in [-0.25, -0.2) is 4.98 Å². The molecule has 1 unspecified atom stereocenters. The molecule has 0 radical (unpaired) electrons. The Balaban J connectivity index is 0.00000169. The van der Waals surface area contributed by atoms with Crippen LogP contribution >= 0.6 is 24.8 Å². The number of hydrogen-bond donors (Lipinski definition) is 2. The topological polar surface area (TPSA) is 91.6 Å². The van der Waals surface area contributed by atoms with Crippen molar-refractivity contribution in [3.8, 4) is 0 Å². The summed E-state index contributed by atoms with van der Waals surface area (Å²) in [5.74, 6) is 0.344. The van der Waals surface area contributed by atoms with Crippen LogP contribution in [0.5, 0.6) is 0 Å². The molecule has 3 rings (SSSR count). The highest BCUT2D eigenvalue weighted by atomic mass is 35.5. The van der Waals surface area contributed by atoms with E-state index >= 15 is 0 Å². The molecule has 7 nitrogen and oxygen atoms in total. The van der Waals surface area contributed by atoms with Crippen molar-refractivity contribution in [3.05, 3.63) is 23.9 Å². The van der Waals surface area contributed by atoms with Crippen molar-refractivity contribution in [1.82, 2.24) is 15.2 Å². The number of rotatable bonds is 4. The van der Waals surface area contributed by atoms with Crippen molar-refractivity contribution in [2.75, 3.05) is 37.6 Å². The lowest BCUT2D eigenvalue weighted by Crippen LogP contribution is -2.59. The summed E-state index contributed by atoms with van der Waals surface area (Å²) in [5, 5.41) is 3.41. The summed E-state index contributed by atoms with van der Waals surface area (Å²) >= 11 is 0. The Morgan fingerprint density at radius 1 is 1.27 bits per heavy atom. The molecule has 0 aromatic carbocycles. The van der Waals surface area contributed by atoms with Gasteiger partial charge in [-0.1, -0.05) is 6.92 Å². The molecular weight excluding hydrogens is 377 g/mol. The first-order valence-electron chi connectivity index (χ1n) is 8.61. The standard InChI is InChI=1S/C17H25N5O2.2ClH/c1-2-17(6-4-8-20-17)16(24)22-11-9-21(10-12-22)15-13(14(18)23)5-3-7-19-15;;/h3,5,7,20H,2,4,6,8-12H2,1H3,(H2,18,23);2*1H. The van der Waals surface area contributed by atoms with Crippen LogP contribution in [-0.4, -0.2) is 60.0 Å². The summed E-state index contributed by atoms with van der Waals surface area (Å²) in [6.07, 6.45) is 4.44. The summed E-state index contributed by atoms with van der Waals surface area (Å²) in [5.41, 5.74) is 5.48. The van der Waals surface area contributed by atoms with Crippen molar-refractivity contribution in [1.29, 1.82) is 0 Å². The van der Waals surface area contributed by atoms with E-state index < -0.39 is 5.91 Å². The molecule has 2 amide bonds. The molecule has 0 spiro atoms. The van der Waals surface area contributed by atoms with E-state index in [-0.39, 0.29) is 36.3 Å². The number of pyridine rings is 1. The van der Waals surface area contributed by atoms with E-state index in [4.69, 9.17) is 5.73 Å². The zero-order chi connectivity index (χ0) is 17.2. The smallest absolute Gasteiger partial charge is 0.252 e. The van der Waals surface area contributed by atoms with Crippen LogP contribution in [0.4, 0.5) is 5.82 Å². The average molecular weight is 404 g/mol. The predicted octanol–water partition coefficient (Wildman–Crippen LogP) is 1.20. The summed E-state index contributed by atoms with van der Waals surface area (Å²) < 4.78 is 0. The minimum absolute atomic E-state index is 0. The zero-order valence-electron chi connectivity index (χ0n) is 14.9. The molecule has 2 fully saturated rings. The predicted molar refractivity (Wildman–Crippen MR) is 106 cm³/mol. The highest BCUT2D eigenvalue weighted by Crippen LogP contribution is 2.27. The molecule has 2 saturated heterocycles. The molecule has 0 saturated carbocycles. The van der Waals surface area contributed by atoms with Gasteiger partial charge in [-0.15, -0.1) is 24.8 Å². The molecule has 1 atom stereocenters. The number of anilines is 1. The highest BCUT2D eigenvalue weighted by Gasteiger charge is 2.42. The molecule has 0 aliphatic carbocycles. The third kappa shape index (κ3) is 4.22. The molecule has 1 aromatic heterocycles. The minimum atomic E-state index is -0.475. The van der Waals surface area contributed by atoms with Gasteiger partial charge in [0.2, 0.25) is 5.91 Å². The molecule has 1 aromatic rings. The van der Waals surface area contributed by atoms with Crippen molar-refractivity contribution >= 4 is 42.4 Å². The maximum absolute atomic E-state index is 12.9. The van der Waals surface area contributed by atoms with E-state index in [9.17, 15) is 9.59 Å². The Bertz CT molecular complexity index is 629. The molecule has 3 heterocycles. The van der Waals surface area contributed by atoms with Crippen LogP contribution in [0, 0.1) is 0 Å². The molecule has 9 heteroatoms. The van der Waals surface area contributed by atoms with Gasteiger partial charge < -0.3 is 20.9 Å². The normalized spacial score (nSPS) is 22.3. The molecule has 2 aliphatic rings. The van der Waals surface area contributed by atoms with Crippen LogP contribution in [0.3, 0.4) is 0 Å². The first-order valence-corrected chi connectivity index (χ1v) is 8.61. The molecule has 146 valence electrons. The number of nitrogens with one attached hydrogen (secondary N) is 1. The highest BCUT2D eigenvalue weighted by molar-refractivity contribution is 5.97. The van der Waals surface area contributed by atoms with Crippen LogP contribution in [0.25, 0.3) is 0 Å². The van der Waals surface area contributed by atoms with Crippen molar-refractivity contribution in [3.63, 3.8) is 0 Å². The minimum Gasteiger partial charge on any atom is -0.365 e. The van der Waals surface area contributed by atoms with E-state index in [1.165, 1.54) is 0 Å². The number of carbonyl (C=O) groups excluding carboxylic acids is 2. The number of primary amides is 1. The second kappa shape index (κ2) is 9.39. The average Bonchev–Trinajstić information content (AvgIpc) is 3.11. The fourth-order valence-electron chi connectivity index (χ4n) is 3.71. The quantitative estimate of drug-likeness (QED) is 0.787. The lowest BCUT2D eigenvalue weighted by molar-refractivity contribution is -0.138. The van der Waals surface area contributed by atoms with Crippen molar-refractivity contribution in [2.45, 2.75) is 31.7 Å². The molecule has 3 N–H and O–H groups in total. The number of amides is 2. The van der Waals surface area contributed by atoms with Crippen molar-refractivity contribution < 1.29 is 9.59 Å². The van der Waals surface area contributed by atoms with Crippen LogP contribution in [0.15, 0.2) is 18.3 Å². The molecule has 2 aliphatic heterocycles. The monoisotopic (exact) mass is 403 g/mol. The number of carbonyl (C=O) groups is 2.